The summed E-state index contributed by atoms with van der Waals surface area (Å²) in [5.41, 5.74) is 1.78. The molecule has 0 heterocycles. The molecule has 0 radical (unpaired) electrons. The van der Waals surface area contributed by atoms with Crippen molar-refractivity contribution in [3.8, 4) is 0 Å². The van der Waals surface area contributed by atoms with Crippen LogP contribution in [0.1, 0.15) is 40.9 Å². The summed E-state index contributed by atoms with van der Waals surface area (Å²) in [5, 5.41) is 2.74. The SMILES string of the molecule is CCC(NC(=O)c1cccc(F)c1F)c1ccc(C)cc1. The predicted octanol–water partition coefficient (Wildman–Crippen LogP) is 4.15. The van der Waals surface area contributed by atoms with Crippen molar-refractivity contribution >= 4 is 5.91 Å². The molecule has 110 valence electrons. The summed E-state index contributed by atoms with van der Waals surface area (Å²) in [5.74, 6) is -2.75. The Labute approximate surface area is 122 Å². The molecule has 1 N–H and O–H groups in total. The third kappa shape index (κ3) is 3.45. The van der Waals surface area contributed by atoms with E-state index in [1.165, 1.54) is 12.1 Å². The van der Waals surface area contributed by atoms with Crippen LogP contribution in [0.2, 0.25) is 0 Å². The van der Waals surface area contributed by atoms with Gasteiger partial charge in [0.2, 0.25) is 0 Å². The number of carbonyl (C=O) groups excluding carboxylic acids is 1. The maximum absolute atomic E-state index is 13.6. The molecule has 0 saturated heterocycles. The Morgan fingerprint density at radius 2 is 1.81 bits per heavy atom. The van der Waals surface area contributed by atoms with Crippen LogP contribution in [-0.2, 0) is 0 Å². The molecule has 0 aromatic heterocycles. The third-order valence-electron chi connectivity index (χ3n) is 3.39. The predicted molar refractivity (Wildman–Crippen MR) is 78.0 cm³/mol. The molecule has 0 bridgehead atoms. The van der Waals surface area contributed by atoms with Gasteiger partial charge in [-0.1, -0.05) is 42.8 Å². The fraction of sp³-hybridized carbons (Fsp3) is 0.235. The van der Waals surface area contributed by atoms with E-state index in [9.17, 15) is 13.6 Å². The number of carbonyl (C=O) groups is 1. The first-order valence-corrected chi connectivity index (χ1v) is 6.84. The average Bonchev–Trinajstić information content (AvgIpc) is 2.48. The lowest BCUT2D eigenvalue weighted by Crippen LogP contribution is -2.29. The lowest BCUT2D eigenvalue weighted by atomic mass is 10.0. The normalized spacial score (nSPS) is 12.0. The number of amides is 1. The minimum absolute atomic E-state index is 0.235. The van der Waals surface area contributed by atoms with Crippen LogP contribution in [0.4, 0.5) is 8.78 Å². The maximum atomic E-state index is 13.6. The van der Waals surface area contributed by atoms with E-state index in [-0.39, 0.29) is 11.6 Å². The molecular formula is C17H17F2NO. The van der Waals surface area contributed by atoms with Gasteiger partial charge >= 0.3 is 0 Å². The summed E-state index contributed by atoms with van der Waals surface area (Å²) in [4.78, 5) is 12.1. The van der Waals surface area contributed by atoms with E-state index in [1.807, 2.05) is 38.1 Å². The molecule has 1 atom stereocenters. The Morgan fingerprint density at radius 3 is 2.43 bits per heavy atom. The number of aryl methyl sites for hydroxylation is 1. The summed E-state index contributed by atoms with van der Waals surface area (Å²) < 4.78 is 26.8. The molecule has 2 aromatic rings. The van der Waals surface area contributed by atoms with Gasteiger partial charge in [0.25, 0.3) is 5.91 Å². The lowest BCUT2D eigenvalue weighted by molar-refractivity contribution is 0.0930. The Hall–Kier alpha value is -2.23. The second-order valence-corrected chi connectivity index (χ2v) is 4.95. The van der Waals surface area contributed by atoms with Crippen molar-refractivity contribution in [2.75, 3.05) is 0 Å². The summed E-state index contributed by atoms with van der Waals surface area (Å²) in [6, 6.07) is 11.1. The van der Waals surface area contributed by atoms with E-state index in [2.05, 4.69) is 5.32 Å². The highest BCUT2D eigenvalue weighted by atomic mass is 19.2. The Bertz CT molecular complexity index is 638. The van der Waals surface area contributed by atoms with Crippen molar-refractivity contribution in [2.45, 2.75) is 26.3 Å². The molecule has 1 unspecified atom stereocenters. The zero-order chi connectivity index (χ0) is 15.4. The molecule has 0 spiro atoms. The molecule has 2 rings (SSSR count). The molecule has 2 aromatic carbocycles. The molecule has 2 nitrogen and oxygen atoms in total. The van der Waals surface area contributed by atoms with Crippen molar-refractivity contribution in [3.63, 3.8) is 0 Å². The van der Waals surface area contributed by atoms with Crippen LogP contribution in [0.3, 0.4) is 0 Å². The van der Waals surface area contributed by atoms with Crippen molar-refractivity contribution in [3.05, 3.63) is 70.8 Å². The summed E-state index contributed by atoms with van der Waals surface area (Å²) >= 11 is 0. The highest BCUT2D eigenvalue weighted by molar-refractivity contribution is 5.94. The van der Waals surface area contributed by atoms with Gasteiger partial charge in [-0.2, -0.15) is 0 Å². The number of halogens is 2. The maximum Gasteiger partial charge on any atom is 0.254 e. The van der Waals surface area contributed by atoms with Crippen LogP contribution in [0, 0.1) is 18.6 Å². The molecule has 0 aliphatic carbocycles. The van der Waals surface area contributed by atoms with Gasteiger partial charge in [0.1, 0.15) is 0 Å². The van der Waals surface area contributed by atoms with Gasteiger partial charge in [-0.3, -0.25) is 4.79 Å². The van der Waals surface area contributed by atoms with E-state index < -0.39 is 17.5 Å². The smallest absolute Gasteiger partial charge is 0.254 e. The van der Waals surface area contributed by atoms with Gasteiger partial charge in [-0.15, -0.1) is 0 Å². The Morgan fingerprint density at radius 1 is 1.14 bits per heavy atom. The summed E-state index contributed by atoms with van der Waals surface area (Å²) in [6.07, 6.45) is 0.658. The van der Waals surface area contributed by atoms with Gasteiger partial charge in [0, 0.05) is 0 Å². The lowest BCUT2D eigenvalue weighted by Gasteiger charge is -2.18. The van der Waals surface area contributed by atoms with E-state index in [4.69, 9.17) is 0 Å². The van der Waals surface area contributed by atoms with Crippen molar-refractivity contribution < 1.29 is 13.6 Å². The first-order chi connectivity index (χ1) is 10.0. The van der Waals surface area contributed by atoms with Crippen molar-refractivity contribution in [1.82, 2.24) is 5.32 Å². The molecule has 0 fully saturated rings. The number of hydrogen-bond donors (Lipinski definition) is 1. The Balaban J connectivity index is 2.20. The van der Waals surface area contributed by atoms with E-state index in [0.29, 0.717) is 6.42 Å². The summed E-state index contributed by atoms with van der Waals surface area (Å²) in [6.45, 7) is 3.90. The van der Waals surface area contributed by atoms with Gasteiger partial charge in [0.05, 0.1) is 11.6 Å². The molecule has 0 aliphatic rings. The van der Waals surface area contributed by atoms with Crippen LogP contribution < -0.4 is 5.32 Å². The number of benzene rings is 2. The largest absolute Gasteiger partial charge is 0.345 e. The fourth-order valence-corrected chi connectivity index (χ4v) is 2.14. The number of hydrogen-bond acceptors (Lipinski definition) is 1. The van der Waals surface area contributed by atoms with E-state index >= 15 is 0 Å². The first kappa shape index (κ1) is 15.2. The monoisotopic (exact) mass is 289 g/mol. The molecular weight excluding hydrogens is 272 g/mol. The first-order valence-electron chi connectivity index (χ1n) is 6.84. The Kier molecular flexibility index (Phi) is 4.68. The van der Waals surface area contributed by atoms with Gasteiger partial charge < -0.3 is 5.32 Å². The molecule has 0 saturated carbocycles. The van der Waals surface area contributed by atoms with Crippen molar-refractivity contribution in [2.24, 2.45) is 0 Å². The van der Waals surface area contributed by atoms with Crippen LogP contribution in [0.25, 0.3) is 0 Å². The van der Waals surface area contributed by atoms with E-state index in [1.54, 1.807) is 0 Å². The summed E-state index contributed by atoms with van der Waals surface area (Å²) in [7, 11) is 0. The number of nitrogens with one attached hydrogen (secondary N) is 1. The van der Waals surface area contributed by atoms with Crippen LogP contribution in [0.5, 0.6) is 0 Å². The number of rotatable bonds is 4. The molecule has 4 heteroatoms. The van der Waals surface area contributed by atoms with Gasteiger partial charge in [-0.05, 0) is 31.0 Å². The highest BCUT2D eigenvalue weighted by Crippen LogP contribution is 2.19. The zero-order valence-electron chi connectivity index (χ0n) is 12.0. The van der Waals surface area contributed by atoms with Crippen LogP contribution in [-0.4, -0.2) is 5.91 Å². The standard InChI is InChI=1S/C17H17F2NO/c1-3-15(12-9-7-11(2)8-10-12)20-17(21)13-5-4-6-14(18)16(13)19/h4-10,15H,3H2,1-2H3,(H,20,21). The highest BCUT2D eigenvalue weighted by Gasteiger charge is 2.18. The average molecular weight is 289 g/mol. The van der Waals surface area contributed by atoms with E-state index in [0.717, 1.165) is 17.2 Å². The fourth-order valence-electron chi connectivity index (χ4n) is 2.14. The molecule has 1 amide bonds. The van der Waals surface area contributed by atoms with Crippen molar-refractivity contribution in [1.29, 1.82) is 0 Å². The van der Waals surface area contributed by atoms with Crippen LogP contribution >= 0.6 is 0 Å². The zero-order valence-corrected chi connectivity index (χ0v) is 12.0. The third-order valence-corrected chi connectivity index (χ3v) is 3.39. The topological polar surface area (TPSA) is 29.1 Å². The van der Waals surface area contributed by atoms with Gasteiger partial charge in [0.15, 0.2) is 11.6 Å². The molecule has 21 heavy (non-hydrogen) atoms. The van der Waals surface area contributed by atoms with Gasteiger partial charge in [-0.25, -0.2) is 8.78 Å². The second-order valence-electron chi connectivity index (χ2n) is 4.95. The minimum atomic E-state index is -1.12. The quantitative estimate of drug-likeness (QED) is 0.900. The minimum Gasteiger partial charge on any atom is -0.345 e. The molecule has 0 aliphatic heterocycles. The second kappa shape index (κ2) is 6.48. The van der Waals surface area contributed by atoms with Crippen LogP contribution in [0.15, 0.2) is 42.5 Å².